The standard InChI is InChI=1S/C21H20ClN3O4/c1-3-29-17-8-6-16(7-9-17)25-11-10-24(20(27)21(25)28)13-19(26)23-18-12-15(22)5-4-14(18)2/h4-12H,3,13H2,1-2H3,(H,23,26). The van der Waals surface area contributed by atoms with Gasteiger partial charge in [-0.3, -0.25) is 23.5 Å². The first-order chi connectivity index (χ1) is 13.9. The molecule has 0 bridgehead atoms. The molecule has 1 aromatic heterocycles. The summed E-state index contributed by atoms with van der Waals surface area (Å²) >= 11 is 5.95. The van der Waals surface area contributed by atoms with Gasteiger partial charge in [0, 0.05) is 28.8 Å². The number of nitrogens with one attached hydrogen (secondary N) is 1. The number of halogens is 1. The summed E-state index contributed by atoms with van der Waals surface area (Å²) in [4.78, 5) is 37.3. The normalized spacial score (nSPS) is 10.6. The molecule has 1 N–H and O–H groups in total. The van der Waals surface area contributed by atoms with E-state index in [1.54, 1.807) is 42.5 Å². The fourth-order valence-corrected chi connectivity index (χ4v) is 2.95. The minimum absolute atomic E-state index is 0.288. The Bertz CT molecular complexity index is 1150. The Labute approximate surface area is 172 Å². The van der Waals surface area contributed by atoms with Crippen LogP contribution in [-0.2, 0) is 11.3 Å². The predicted molar refractivity (Wildman–Crippen MR) is 112 cm³/mol. The summed E-state index contributed by atoms with van der Waals surface area (Å²) < 4.78 is 7.67. The summed E-state index contributed by atoms with van der Waals surface area (Å²) in [6, 6.07) is 11.9. The highest BCUT2D eigenvalue weighted by Gasteiger charge is 2.11. The number of nitrogens with zero attached hydrogens (tertiary/aromatic N) is 2. The smallest absolute Gasteiger partial charge is 0.320 e. The number of amides is 1. The van der Waals surface area contributed by atoms with Crippen molar-refractivity contribution in [2.45, 2.75) is 20.4 Å². The van der Waals surface area contributed by atoms with Crippen LogP contribution in [0.4, 0.5) is 5.69 Å². The largest absolute Gasteiger partial charge is 0.494 e. The van der Waals surface area contributed by atoms with Crippen molar-refractivity contribution in [3.8, 4) is 11.4 Å². The van der Waals surface area contributed by atoms with Crippen LogP contribution in [0.3, 0.4) is 0 Å². The molecule has 0 saturated heterocycles. The molecule has 3 rings (SSSR count). The van der Waals surface area contributed by atoms with Gasteiger partial charge in [-0.05, 0) is 55.8 Å². The molecule has 0 saturated carbocycles. The summed E-state index contributed by atoms with van der Waals surface area (Å²) in [5.41, 5.74) is 0.378. The Morgan fingerprint density at radius 2 is 1.79 bits per heavy atom. The zero-order chi connectivity index (χ0) is 21.0. The minimum Gasteiger partial charge on any atom is -0.494 e. The fraction of sp³-hybridized carbons (Fsp3) is 0.190. The van der Waals surface area contributed by atoms with Crippen molar-refractivity contribution in [1.82, 2.24) is 9.13 Å². The molecule has 3 aromatic rings. The molecule has 0 atom stereocenters. The van der Waals surface area contributed by atoms with Gasteiger partial charge >= 0.3 is 11.1 Å². The third kappa shape index (κ3) is 4.75. The van der Waals surface area contributed by atoms with Crippen LogP contribution in [0.5, 0.6) is 5.75 Å². The van der Waals surface area contributed by atoms with Crippen LogP contribution in [0.15, 0.2) is 64.4 Å². The van der Waals surface area contributed by atoms with Gasteiger partial charge in [0.1, 0.15) is 12.3 Å². The summed E-state index contributed by atoms with van der Waals surface area (Å²) in [6.07, 6.45) is 2.86. The lowest BCUT2D eigenvalue weighted by Crippen LogP contribution is -2.41. The Morgan fingerprint density at radius 3 is 2.48 bits per heavy atom. The van der Waals surface area contributed by atoms with Crippen LogP contribution in [-0.4, -0.2) is 21.6 Å². The number of aromatic nitrogens is 2. The van der Waals surface area contributed by atoms with E-state index < -0.39 is 17.0 Å². The number of hydrogen-bond donors (Lipinski definition) is 1. The van der Waals surface area contributed by atoms with Gasteiger partial charge in [-0.2, -0.15) is 0 Å². The molecule has 0 aliphatic rings. The quantitative estimate of drug-likeness (QED) is 0.630. The van der Waals surface area contributed by atoms with Crippen LogP contribution >= 0.6 is 11.6 Å². The first kappa shape index (κ1) is 20.4. The van der Waals surface area contributed by atoms with Gasteiger partial charge < -0.3 is 10.1 Å². The number of ether oxygens (including phenoxy) is 1. The van der Waals surface area contributed by atoms with Gasteiger partial charge in [0.25, 0.3) is 0 Å². The molecule has 7 nitrogen and oxygen atoms in total. The van der Waals surface area contributed by atoms with Crippen molar-refractivity contribution >= 4 is 23.2 Å². The zero-order valence-electron chi connectivity index (χ0n) is 16.0. The molecule has 1 amide bonds. The highest BCUT2D eigenvalue weighted by Crippen LogP contribution is 2.20. The van der Waals surface area contributed by atoms with Gasteiger partial charge in [0.15, 0.2) is 0 Å². The lowest BCUT2D eigenvalue weighted by atomic mass is 10.2. The number of anilines is 1. The van der Waals surface area contributed by atoms with E-state index in [2.05, 4.69) is 5.32 Å². The second-order valence-corrected chi connectivity index (χ2v) is 6.78. The summed E-state index contributed by atoms with van der Waals surface area (Å²) in [5.74, 6) is 0.237. The first-order valence-electron chi connectivity index (χ1n) is 9.00. The second kappa shape index (κ2) is 8.79. The second-order valence-electron chi connectivity index (χ2n) is 6.34. The molecule has 0 radical (unpaired) electrons. The molecule has 0 fully saturated rings. The van der Waals surface area contributed by atoms with E-state index in [0.717, 1.165) is 10.1 Å². The maximum atomic E-state index is 12.5. The first-order valence-corrected chi connectivity index (χ1v) is 9.38. The van der Waals surface area contributed by atoms with Crippen molar-refractivity contribution in [3.63, 3.8) is 0 Å². The van der Waals surface area contributed by atoms with E-state index >= 15 is 0 Å². The number of benzene rings is 2. The Hall–Kier alpha value is -3.32. The van der Waals surface area contributed by atoms with Crippen molar-refractivity contribution < 1.29 is 9.53 Å². The van der Waals surface area contributed by atoms with E-state index in [4.69, 9.17) is 16.3 Å². The van der Waals surface area contributed by atoms with Gasteiger partial charge in [-0.25, -0.2) is 0 Å². The third-order valence-corrected chi connectivity index (χ3v) is 4.51. The highest BCUT2D eigenvalue weighted by atomic mass is 35.5. The maximum Gasteiger partial charge on any atom is 0.320 e. The number of aryl methyl sites for hydroxylation is 1. The topological polar surface area (TPSA) is 82.3 Å². The Morgan fingerprint density at radius 1 is 1.07 bits per heavy atom. The molecule has 8 heteroatoms. The number of rotatable bonds is 6. The molecule has 1 heterocycles. The Balaban J connectivity index is 1.80. The molecule has 150 valence electrons. The lowest BCUT2D eigenvalue weighted by molar-refractivity contribution is -0.116. The summed E-state index contributed by atoms with van der Waals surface area (Å²) in [7, 11) is 0. The maximum absolute atomic E-state index is 12.5. The van der Waals surface area contributed by atoms with Crippen LogP contribution in [0.2, 0.25) is 5.02 Å². The van der Waals surface area contributed by atoms with E-state index in [9.17, 15) is 14.4 Å². The third-order valence-electron chi connectivity index (χ3n) is 4.27. The monoisotopic (exact) mass is 413 g/mol. The van der Waals surface area contributed by atoms with E-state index in [1.165, 1.54) is 17.0 Å². The van der Waals surface area contributed by atoms with Crippen LogP contribution in [0, 0.1) is 6.92 Å². The summed E-state index contributed by atoms with van der Waals surface area (Å²) in [6.45, 7) is 3.95. The Kier molecular flexibility index (Phi) is 6.19. The molecular formula is C21H20ClN3O4. The van der Waals surface area contributed by atoms with Crippen molar-refractivity contribution in [1.29, 1.82) is 0 Å². The van der Waals surface area contributed by atoms with Crippen molar-refractivity contribution in [3.05, 3.63) is 86.2 Å². The number of hydrogen-bond acceptors (Lipinski definition) is 4. The van der Waals surface area contributed by atoms with Crippen LogP contribution in [0.1, 0.15) is 12.5 Å². The highest BCUT2D eigenvalue weighted by molar-refractivity contribution is 6.31. The van der Waals surface area contributed by atoms with Gasteiger partial charge in [-0.1, -0.05) is 17.7 Å². The molecule has 0 aliphatic heterocycles. The fourth-order valence-electron chi connectivity index (χ4n) is 2.78. The molecular weight excluding hydrogens is 394 g/mol. The SMILES string of the molecule is CCOc1ccc(-n2ccn(CC(=O)Nc3cc(Cl)ccc3C)c(=O)c2=O)cc1. The van der Waals surface area contributed by atoms with Crippen LogP contribution in [0.25, 0.3) is 5.69 Å². The van der Waals surface area contributed by atoms with E-state index in [1.807, 2.05) is 13.8 Å². The van der Waals surface area contributed by atoms with E-state index in [0.29, 0.717) is 28.8 Å². The van der Waals surface area contributed by atoms with Gasteiger partial charge in [0.05, 0.1) is 6.61 Å². The minimum atomic E-state index is -0.792. The average molecular weight is 414 g/mol. The zero-order valence-corrected chi connectivity index (χ0v) is 16.8. The molecule has 0 aliphatic carbocycles. The van der Waals surface area contributed by atoms with Crippen LogP contribution < -0.4 is 21.2 Å². The van der Waals surface area contributed by atoms with Crippen molar-refractivity contribution in [2.75, 3.05) is 11.9 Å². The average Bonchev–Trinajstić information content (AvgIpc) is 2.69. The lowest BCUT2D eigenvalue weighted by Gasteiger charge is -2.11. The number of carbonyl (C=O) groups excluding carboxylic acids is 1. The molecule has 2 aromatic carbocycles. The predicted octanol–water partition coefficient (Wildman–Crippen LogP) is 3.00. The molecule has 0 spiro atoms. The summed E-state index contributed by atoms with van der Waals surface area (Å²) in [5, 5.41) is 3.19. The molecule has 0 unspecified atom stereocenters. The molecule has 29 heavy (non-hydrogen) atoms. The van der Waals surface area contributed by atoms with E-state index in [-0.39, 0.29) is 6.54 Å². The van der Waals surface area contributed by atoms with Crippen molar-refractivity contribution in [2.24, 2.45) is 0 Å². The van der Waals surface area contributed by atoms with Gasteiger partial charge in [0.2, 0.25) is 5.91 Å². The number of carbonyl (C=O) groups is 1. The van der Waals surface area contributed by atoms with Gasteiger partial charge in [-0.15, -0.1) is 0 Å².